The topological polar surface area (TPSA) is 80.3 Å². The lowest BCUT2D eigenvalue weighted by molar-refractivity contribution is -0.120. The Morgan fingerprint density at radius 2 is 1.94 bits per heavy atom. The van der Waals surface area contributed by atoms with Gasteiger partial charge < -0.3 is 20.4 Å². The van der Waals surface area contributed by atoms with Gasteiger partial charge in [0.2, 0.25) is 6.17 Å². The number of anilines is 2. The first-order valence-electron chi connectivity index (χ1n) is 12.0. The zero-order valence-corrected chi connectivity index (χ0v) is 20.0. The first-order valence-corrected chi connectivity index (χ1v) is 12.0. The summed E-state index contributed by atoms with van der Waals surface area (Å²) >= 11 is 0. The maximum atomic E-state index is 13.7. The van der Waals surface area contributed by atoms with E-state index >= 15 is 0 Å². The van der Waals surface area contributed by atoms with Crippen LogP contribution in [0, 0.1) is 6.92 Å². The van der Waals surface area contributed by atoms with Gasteiger partial charge in [0.1, 0.15) is 5.84 Å². The average molecular weight is 461 g/mol. The number of aryl methyl sites for hydroxylation is 1. The standard InChI is InChI=1S/C26H32N6O2/c1-4-12-31-22-11-6-5-10-21(22)24(32-16-19-14-20(32)15-30(19)3)28-23(25(31)33)29-26(34)27-18-9-7-8-17(2)13-18/h5-11,13,19-20,23H,4,12,14-16H2,1-3H3,(H2,27,29,34)/t19-,20-,23-/m0/s1. The van der Waals surface area contributed by atoms with E-state index in [4.69, 9.17) is 4.99 Å². The summed E-state index contributed by atoms with van der Waals surface area (Å²) in [5.41, 5.74) is 3.52. The Morgan fingerprint density at radius 3 is 2.65 bits per heavy atom. The Morgan fingerprint density at radius 1 is 1.12 bits per heavy atom. The van der Waals surface area contributed by atoms with Crippen molar-refractivity contribution in [1.29, 1.82) is 0 Å². The van der Waals surface area contributed by atoms with Crippen LogP contribution >= 0.6 is 0 Å². The summed E-state index contributed by atoms with van der Waals surface area (Å²) in [5, 5.41) is 5.69. The van der Waals surface area contributed by atoms with Crippen LogP contribution in [0.4, 0.5) is 16.2 Å². The van der Waals surface area contributed by atoms with Gasteiger partial charge in [0.05, 0.1) is 5.69 Å². The van der Waals surface area contributed by atoms with Crippen LogP contribution in [0.3, 0.4) is 0 Å². The summed E-state index contributed by atoms with van der Waals surface area (Å²) in [4.78, 5) is 38.0. The minimum Gasteiger partial charge on any atom is -0.350 e. The highest BCUT2D eigenvalue weighted by Crippen LogP contribution is 2.34. The first kappa shape index (κ1) is 22.4. The van der Waals surface area contributed by atoms with E-state index in [1.165, 1.54) is 0 Å². The Bertz CT molecular complexity index is 1130. The van der Waals surface area contributed by atoms with E-state index in [2.05, 4.69) is 27.5 Å². The Hall–Kier alpha value is -3.39. The number of para-hydroxylation sites is 1. The second kappa shape index (κ2) is 9.10. The lowest BCUT2D eigenvalue weighted by Gasteiger charge is -2.34. The number of amidine groups is 1. The Balaban J connectivity index is 1.49. The fourth-order valence-electron chi connectivity index (χ4n) is 5.33. The number of nitrogens with zero attached hydrogens (tertiary/aromatic N) is 4. The number of benzodiazepines with no additional fused rings is 1. The number of rotatable bonds is 4. The Labute approximate surface area is 200 Å². The molecule has 3 heterocycles. The lowest BCUT2D eigenvalue weighted by atomic mass is 10.1. The summed E-state index contributed by atoms with van der Waals surface area (Å²) in [6, 6.07) is 15.9. The van der Waals surface area contributed by atoms with Gasteiger partial charge in [-0.25, -0.2) is 9.79 Å². The van der Waals surface area contributed by atoms with Gasteiger partial charge in [-0.05, 0) is 56.6 Å². The van der Waals surface area contributed by atoms with Gasteiger partial charge >= 0.3 is 6.03 Å². The van der Waals surface area contributed by atoms with Gasteiger partial charge in [-0.3, -0.25) is 9.69 Å². The van der Waals surface area contributed by atoms with E-state index in [0.29, 0.717) is 24.3 Å². The summed E-state index contributed by atoms with van der Waals surface area (Å²) < 4.78 is 0. The number of piperazine rings is 1. The largest absolute Gasteiger partial charge is 0.350 e. The van der Waals surface area contributed by atoms with E-state index in [1.54, 1.807) is 4.90 Å². The van der Waals surface area contributed by atoms with Crippen molar-refractivity contribution in [2.24, 2.45) is 4.99 Å². The highest BCUT2D eigenvalue weighted by molar-refractivity contribution is 6.12. The van der Waals surface area contributed by atoms with Crippen molar-refractivity contribution in [1.82, 2.24) is 15.1 Å². The minimum atomic E-state index is -1.00. The second-order valence-corrected chi connectivity index (χ2v) is 9.47. The lowest BCUT2D eigenvalue weighted by Crippen LogP contribution is -2.50. The van der Waals surface area contributed by atoms with Crippen LogP contribution in [-0.2, 0) is 4.79 Å². The third-order valence-corrected chi connectivity index (χ3v) is 6.96. The average Bonchev–Trinajstić information content (AvgIpc) is 3.36. The molecule has 0 unspecified atom stereocenters. The molecule has 178 valence electrons. The van der Waals surface area contributed by atoms with Gasteiger partial charge in [-0.2, -0.15) is 0 Å². The molecule has 3 aliphatic heterocycles. The number of likely N-dealkylation sites (tertiary alicyclic amines) is 2. The number of amides is 3. The van der Waals surface area contributed by atoms with Crippen LogP contribution < -0.4 is 15.5 Å². The van der Waals surface area contributed by atoms with Crippen LogP contribution in [0.1, 0.15) is 30.9 Å². The molecular weight excluding hydrogens is 428 g/mol. The van der Waals surface area contributed by atoms with Crippen molar-refractivity contribution >= 4 is 29.1 Å². The molecular formula is C26H32N6O2. The molecule has 0 radical (unpaired) electrons. The van der Waals surface area contributed by atoms with Crippen molar-refractivity contribution < 1.29 is 9.59 Å². The van der Waals surface area contributed by atoms with Crippen LogP contribution in [0.15, 0.2) is 53.5 Å². The summed E-state index contributed by atoms with van der Waals surface area (Å²) in [6.45, 7) is 6.42. The second-order valence-electron chi connectivity index (χ2n) is 9.47. The van der Waals surface area contributed by atoms with E-state index in [1.807, 2.05) is 62.4 Å². The van der Waals surface area contributed by atoms with Crippen LogP contribution in [0.5, 0.6) is 0 Å². The van der Waals surface area contributed by atoms with Crippen molar-refractivity contribution in [2.75, 3.05) is 36.9 Å². The zero-order chi connectivity index (χ0) is 23.8. The molecule has 2 N–H and O–H groups in total. The molecule has 34 heavy (non-hydrogen) atoms. The monoisotopic (exact) mass is 460 g/mol. The summed E-state index contributed by atoms with van der Waals surface area (Å²) in [5.74, 6) is 0.578. The highest BCUT2D eigenvalue weighted by atomic mass is 16.2. The maximum Gasteiger partial charge on any atom is 0.321 e. The number of hydrogen-bond acceptors (Lipinski definition) is 5. The predicted octanol–water partition coefficient (Wildman–Crippen LogP) is 3.03. The molecule has 2 aromatic carbocycles. The van der Waals surface area contributed by atoms with E-state index in [-0.39, 0.29) is 5.91 Å². The summed E-state index contributed by atoms with van der Waals surface area (Å²) in [7, 11) is 2.16. The third-order valence-electron chi connectivity index (χ3n) is 6.96. The quantitative estimate of drug-likeness (QED) is 0.735. The highest BCUT2D eigenvalue weighted by Gasteiger charge is 2.45. The number of hydrogen-bond donors (Lipinski definition) is 2. The molecule has 0 saturated carbocycles. The van der Waals surface area contributed by atoms with Crippen molar-refractivity contribution in [3.8, 4) is 0 Å². The molecule has 2 fully saturated rings. The molecule has 3 atom stereocenters. The van der Waals surface area contributed by atoms with Gasteiger partial charge in [-0.1, -0.05) is 31.2 Å². The summed E-state index contributed by atoms with van der Waals surface area (Å²) in [6.07, 6.45) is 0.892. The first-order chi connectivity index (χ1) is 16.4. The molecule has 3 amide bonds. The molecule has 8 heteroatoms. The molecule has 5 rings (SSSR count). The molecule has 8 nitrogen and oxygen atoms in total. The number of carbonyl (C=O) groups is 2. The molecule has 2 bridgehead atoms. The molecule has 2 aromatic rings. The van der Waals surface area contributed by atoms with Gasteiger partial charge in [-0.15, -0.1) is 0 Å². The smallest absolute Gasteiger partial charge is 0.321 e. The van der Waals surface area contributed by atoms with Crippen molar-refractivity contribution in [3.63, 3.8) is 0 Å². The van der Waals surface area contributed by atoms with Crippen LogP contribution in [0.25, 0.3) is 0 Å². The number of carbonyl (C=O) groups excluding carboxylic acids is 2. The fraction of sp³-hybridized carbons (Fsp3) is 0.423. The molecule has 2 saturated heterocycles. The molecule has 3 aliphatic rings. The molecule has 0 aromatic heterocycles. The number of nitrogens with one attached hydrogen (secondary N) is 2. The molecule has 0 spiro atoms. The van der Waals surface area contributed by atoms with E-state index < -0.39 is 12.2 Å². The van der Waals surface area contributed by atoms with Crippen LogP contribution in [0.2, 0.25) is 0 Å². The van der Waals surface area contributed by atoms with Gasteiger partial charge in [0.25, 0.3) is 5.91 Å². The molecule has 0 aliphatic carbocycles. The van der Waals surface area contributed by atoms with Crippen molar-refractivity contribution in [3.05, 3.63) is 59.7 Å². The number of benzene rings is 2. The number of fused-ring (bicyclic) bond motifs is 3. The van der Waals surface area contributed by atoms with E-state index in [9.17, 15) is 9.59 Å². The minimum absolute atomic E-state index is 0.217. The SMILES string of the molecule is CCCN1C(=O)[C@H](NC(=O)Nc2cccc(C)c2)N=C(N2C[C@@H]3C[C@H]2CN3C)c2ccccc21. The Kier molecular flexibility index (Phi) is 6.00. The predicted molar refractivity (Wildman–Crippen MR) is 134 cm³/mol. The van der Waals surface area contributed by atoms with E-state index in [0.717, 1.165) is 48.6 Å². The maximum absolute atomic E-state index is 13.7. The number of aliphatic imine (C=N–C) groups is 1. The number of likely N-dealkylation sites (N-methyl/N-ethyl adjacent to an activating group) is 1. The zero-order valence-electron chi connectivity index (χ0n) is 20.0. The van der Waals surface area contributed by atoms with Gasteiger partial charge in [0.15, 0.2) is 0 Å². The van der Waals surface area contributed by atoms with Crippen LogP contribution in [-0.4, -0.2) is 72.5 Å². The third kappa shape index (κ3) is 4.14. The van der Waals surface area contributed by atoms with Gasteiger partial charge in [0, 0.05) is 43.0 Å². The number of urea groups is 1. The van der Waals surface area contributed by atoms with Crippen molar-refractivity contribution in [2.45, 2.75) is 44.9 Å². The normalized spacial score (nSPS) is 24.0. The fourth-order valence-corrected chi connectivity index (χ4v) is 5.33.